The Morgan fingerprint density at radius 3 is 2.59 bits per heavy atom. The van der Waals surface area contributed by atoms with Crippen LogP contribution in [0.3, 0.4) is 0 Å². The van der Waals surface area contributed by atoms with Gasteiger partial charge in [-0.25, -0.2) is 8.42 Å². The van der Waals surface area contributed by atoms with Gasteiger partial charge in [0.25, 0.3) is 0 Å². The van der Waals surface area contributed by atoms with Crippen molar-refractivity contribution in [2.45, 2.75) is 38.6 Å². The fourth-order valence-corrected chi connectivity index (χ4v) is 4.38. The van der Waals surface area contributed by atoms with Crippen LogP contribution in [0.1, 0.15) is 38.9 Å². The summed E-state index contributed by atoms with van der Waals surface area (Å²) in [5.41, 5.74) is -0.189. The number of sulfone groups is 1. The first-order chi connectivity index (χ1) is 7.71. The van der Waals surface area contributed by atoms with Crippen molar-refractivity contribution in [2.24, 2.45) is 0 Å². The second-order valence-electron chi connectivity index (χ2n) is 5.49. The van der Waals surface area contributed by atoms with Crippen LogP contribution in [0, 0.1) is 4.77 Å². The Morgan fingerprint density at radius 2 is 2.12 bits per heavy atom. The molecular weight excluding hydrogens is 258 g/mol. The first kappa shape index (κ1) is 12.8. The molecule has 0 amide bonds. The van der Waals surface area contributed by atoms with Gasteiger partial charge in [0, 0.05) is 11.5 Å². The van der Waals surface area contributed by atoms with Gasteiger partial charge in [-0.15, -0.1) is 0 Å². The Balaban J connectivity index is 2.45. The third-order valence-electron chi connectivity index (χ3n) is 2.97. The maximum atomic E-state index is 11.5. The normalized spacial score (nSPS) is 24.1. The number of hydrogen-bond donors (Lipinski definition) is 1. The van der Waals surface area contributed by atoms with Crippen LogP contribution >= 0.6 is 12.2 Å². The Labute approximate surface area is 106 Å². The predicted octanol–water partition coefficient (Wildman–Crippen LogP) is 1.60. The van der Waals surface area contributed by atoms with E-state index in [1.807, 2.05) is 25.3 Å². The molecule has 0 aromatic carbocycles. The van der Waals surface area contributed by atoms with Crippen LogP contribution in [-0.4, -0.2) is 34.7 Å². The lowest BCUT2D eigenvalue weighted by atomic mass is 10.0. The molecule has 0 bridgehead atoms. The molecule has 1 N–H and O–H groups in total. The molecule has 1 aliphatic rings. The standard InChI is InChI=1S/C10H17N3O2S2/c1-10(2,3)13-8(11-12-9(13)16)7-4-5-17(14,15)6-7/h7H,4-6H2,1-3H3,(H,12,16). The van der Waals surface area contributed by atoms with E-state index in [0.717, 1.165) is 5.82 Å². The average Bonchev–Trinajstić information content (AvgIpc) is 2.67. The first-order valence-corrected chi connectivity index (χ1v) is 7.82. The molecule has 0 aliphatic carbocycles. The van der Waals surface area contributed by atoms with Crippen LogP contribution in [0.15, 0.2) is 0 Å². The van der Waals surface area contributed by atoms with Crippen molar-refractivity contribution < 1.29 is 8.42 Å². The molecule has 0 radical (unpaired) electrons. The molecule has 7 heteroatoms. The summed E-state index contributed by atoms with van der Waals surface area (Å²) in [4.78, 5) is 0. The molecule has 1 fully saturated rings. The summed E-state index contributed by atoms with van der Waals surface area (Å²) in [6.07, 6.45) is 0.637. The maximum Gasteiger partial charge on any atom is 0.195 e. The van der Waals surface area contributed by atoms with E-state index in [9.17, 15) is 8.42 Å². The quantitative estimate of drug-likeness (QED) is 0.790. The summed E-state index contributed by atoms with van der Waals surface area (Å²) < 4.78 is 25.5. The first-order valence-electron chi connectivity index (χ1n) is 5.59. The van der Waals surface area contributed by atoms with Gasteiger partial charge in [-0.1, -0.05) is 0 Å². The molecular formula is C10H17N3O2S2. The van der Waals surface area contributed by atoms with E-state index in [1.165, 1.54) is 0 Å². The van der Waals surface area contributed by atoms with Gasteiger partial charge >= 0.3 is 0 Å². The Kier molecular flexibility index (Phi) is 2.94. The molecule has 1 aromatic rings. The number of nitrogens with zero attached hydrogens (tertiary/aromatic N) is 2. The van der Waals surface area contributed by atoms with Crippen molar-refractivity contribution in [2.75, 3.05) is 11.5 Å². The minimum absolute atomic E-state index is 0.0350. The highest BCUT2D eigenvalue weighted by Crippen LogP contribution is 2.30. The summed E-state index contributed by atoms with van der Waals surface area (Å²) in [5.74, 6) is 1.17. The van der Waals surface area contributed by atoms with E-state index in [1.54, 1.807) is 0 Å². The van der Waals surface area contributed by atoms with E-state index in [0.29, 0.717) is 11.2 Å². The molecule has 17 heavy (non-hydrogen) atoms. The molecule has 1 unspecified atom stereocenters. The van der Waals surface area contributed by atoms with Crippen molar-refractivity contribution >= 4 is 22.1 Å². The van der Waals surface area contributed by atoms with E-state index < -0.39 is 9.84 Å². The van der Waals surface area contributed by atoms with Gasteiger partial charge in [0.1, 0.15) is 5.82 Å². The van der Waals surface area contributed by atoms with Crippen molar-refractivity contribution in [3.63, 3.8) is 0 Å². The van der Waals surface area contributed by atoms with Crippen molar-refractivity contribution in [1.82, 2.24) is 14.8 Å². The zero-order valence-electron chi connectivity index (χ0n) is 10.2. The largest absolute Gasteiger partial charge is 0.299 e. The number of H-pyrrole nitrogens is 1. The fraction of sp³-hybridized carbons (Fsp3) is 0.800. The molecule has 1 atom stereocenters. The van der Waals surface area contributed by atoms with Crippen LogP contribution < -0.4 is 0 Å². The lowest BCUT2D eigenvalue weighted by Gasteiger charge is -2.24. The third-order valence-corrected chi connectivity index (χ3v) is 5.01. The van der Waals surface area contributed by atoms with Gasteiger partial charge in [0.05, 0.1) is 11.5 Å². The minimum Gasteiger partial charge on any atom is -0.299 e. The average molecular weight is 275 g/mol. The maximum absolute atomic E-state index is 11.5. The predicted molar refractivity (Wildman–Crippen MR) is 68.4 cm³/mol. The van der Waals surface area contributed by atoms with Gasteiger partial charge in [-0.2, -0.15) is 5.10 Å². The van der Waals surface area contributed by atoms with Gasteiger partial charge in [0.15, 0.2) is 14.6 Å². The highest BCUT2D eigenvalue weighted by molar-refractivity contribution is 7.91. The molecule has 0 spiro atoms. The van der Waals surface area contributed by atoms with Gasteiger partial charge in [0.2, 0.25) is 0 Å². The molecule has 5 nitrogen and oxygen atoms in total. The van der Waals surface area contributed by atoms with Gasteiger partial charge < -0.3 is 0 Å². The van der Waals surface area contributed by atoms with Crippen LogP contribution in [0.2, 0.25) is 0 Å². The Bertz CT molecular complexity index is 577. The smallest absolute Gasteiger partial charge is 0.195 e. The van der Waals surface area contributed by atoms with Crippen molar-refractivity contribution in [1.29, 1.82) is 0 Å². The van der Waals surface area contributed by atoms with Gasteiger partial charge in [-0.3, -0.25) is 9.67 Å². The van der Waals surface area contributed by atoms with E-state index in [-0.39, 0.29) is 23.0 Å². The minimum atomic E-state index is -2.90. The highest BCUT2D eigenvalue weighted by Gasteiger charge is 2.34. The number of nitrogens with one attached hydrogen (secondary N) is 1. The van der Waals surface area contributed by atoms with Crippen molar-refractivity contribution in [3.8, 4) is 0 Å². The fourth-order valence-electron chi connectivity index (χ4n) is 2.23. The highest BCUT2D eigenvalue weighted by atomic mass is 32.2. The monoisotopic (exact) mass is 275 g/mol. The zero-order chi connectivity index (χ0) is 12.8. The molecule has 1 aromatic heterocycles. The van der Waals surface area contributed by atoms with Crippen LogP contribution in [0.5, 0.6) is 0 Å². The van der Waals surface area contributed by atoms with Crippen molar-refractivity contribution in [3.05, 3.63) is 10.6 Å². The van der Waals surface area contributed by atoms with Crippen LogP contribution in [0.25, 0.3) is 0 Å². The number of rotatable bonds is 1. The van der Waals surface area contributed by atoms with E-state index in [4.69, 9.17) is 12.2 Å². The second kappa shape index (κ2) is 3.91. The molecule has 1 saturated heterocycles. The molecule has 96 valence electrons. The lowest BCUT2D eigenvalue weighted by molar-refractivity contribution is 0.370. The Morgan fingerprint density at radius 1 is 1.47 bits per heavy atom. The second-order valence-corrected chi connectivity index (χ2v) is 8.11. The third kappa shape index (κ3) is 2.44. The summed E-state index contributed by atoms with van der Waals surface area (Å²) in [6, 6.07) is 0. The lowest BCUT2D eigenvalue weighted by Crippen LogP contribution is -2.26. The summed E-state index contributed by atoms with van der Waals surface area (Å²) in [6.45, 7) is 6.10. The van der Waals surface area contributed by atoms with Crippen LogP contribution in [0.4, 0.5) is 0 Å². The number of aromatic nitrogens is 3. The molecule has 2 heterocycles. The van der Waals surface area contributed by atoms with E-state index in [2.05, 4.69) is 10.2 Å². The zero-order valence-corrected chi connectivity index (χ0v) is 11.9. The SMILES string of the molecule is CC(C)(C)n1c(C2CCS(=O)(=O)C2)n[nH]c1=S. The summed E-state index contributed by atoms with van der Waals surface area (Å²) in [5, 5.41) is 6.98. The molecule has 2 rings (SSSR count). The topological polar surface area (TPSA) is 67.8 Å². The number of hydrogen-bond acceptors (Lipinski definition) is 4. The molecule has 0 saturated carbocycles. The molecule has 1 aliphatic heterocycles. The van der Waals surface area contributed by atoms with Gasteiger partial charge in [-0.05, 0) is 39.4 Å². The summed E-state index contributed by atoms with van der Waals surface area (Å²) in [7, 11) is -2.90. The number of aromatic amines is 1. The van der Waals surface area contributed by atoms with Crippen LogP contribution in [-0.2, 0) is 15.4 Å². The summed E-state index contributed by atoms with van der Waals surface area (Å²) >= 11 is 5.21. The van der Waals surface area contributed by atoms with E-state index >= 15 is 0 Å². The Hall–Kier alpha value is -0.690.